The third-order valence-electron chi connectivity index (χ3n) is 2.75. The summed E-state index contributed by atoms with van der Waals surface area (Å²) in [6.45, 7) is 3.71. The predicted octanol–water partition coefficient (Wildman–Crippen LogP) is 3.16. The summed E-state index contributed by atoms with van der Waals surface area (Å²) in [5, 5.41) is 9.34. The summed E-state index contributed by atoms with van der Waals surface area (Å²) >= 11 is 0. The van der Waals surface area contributed by atoms with Crippen LogP contribution in [0.5, 0.6) is 5.75 Å². The molecule has 100 valence electrons. The molecule has 4 heteroatoms. The lowest BCUT2D eigenvalue weighted by atomic mass is 10.1. The third kappa shape index (κ3) is 3.51. The van der Waals surface area contributed by atoms with E-state index in [-0.39, 0.29) is 12.2 Å². The molecule has 1 aromatic heterocycles. The Morgan fingerprint density at radius 3 is 2.74 bits per heavy atom. The minimum atomic E-state index is -0.826. The van der Waals surface area contributed by atoms with Gasteiger partial charge in [0.05, 0.1) is 11.8 Å². The third-order valence-corrected chi connectivity index (χ3v) is 2.75. The molecule has 19 heavy (non-hydrogen) atoms. The zero-order valence-corrected chi connectivity index (χ0v) is 10.9. The van der Waals surface area contributed by atoms with Gasteiger partial charge in [0.1, 0.15) is 18.2 Å². The number of benzene rings is 1. The Hall–Kier alpha value is -1.94. The lowest BCUT2D eigenvalue weighted by molar-refractivity contribution is 0.193. The van der Waals surface area contributed by atoms with E-state index < -0.39 is 11.9 Å². The quantitative estimate of drug-likeness (QED) is 0.919. The minimum absolute atomic E-state index is 0.265. The van der Waals surface area contributed by atoms with Crippen molar-refractivity contribution in [2.45, 2.75) is 26.6 Å². The van der Waals surface area contributed by atoms with Gasteiger partial charge in [0, 0.05) is 17.3 Å². The van der Waals surface area contributed by atoms with Crippen molar-refractivity contribution >= 4 is 0 Å². The van der Waals surface area contributed by atoms with E-state index in [4.69, 9.17) is 4.74 Å². The van der Waals surface area contributed by atoms with Crippen LogP contribution in [0.25, 0.3) is 0 Å². The van der Waals surface area contributed by atoms with Gasteiger partial charge in [-0.3, -0.25) is 4.98 Å². The number of rotatable bonds is 4. The molecule has 1 N–H and O–H groups in total. The highest BCUT2D eigenvalue weighted by Gasteiger charge is 2.09. The summed E-state index contributed by atoms with van der Waals surface area (Å²) in [6.07, 6.45) is -0.826. The smallest absolute Gasteiger partial charge is 0.132 e. The molecule has 0 radical (unpaired) electrons. The van der Waals surface area contributed by atoms with E-state index in [9.17, 15) is 9.50 Å². The van der Waals surface area contributed by atoms with Crippen molar-refractivity contribution in [3.63, 3.8) is 0 Å². The van der Waals surface area contributed by atoms with Crippen molar-refractivity contribution < 1.29 is 14.2 Å². The number of hydrogen-bond acceptors (Lipinski definition) is 3. The van der Waals surface area contributed by atoms with E-state index in [1.165, 1.54) is 19.1 Å². The fraction of sp³-hybridized carbons (Fsp3) is 0.267. The summed E-state index contributed by atoms with van der Waals surface area (Å²) in [4.78, 5) is 4.30. The number of pyridine rings is 1. The minimum Gasteiger partial charge on any atom is -0.487 e. The van der Waals surface area contributed by atoms with Crippen LogP contribution >= 0.6 is 0 Å². The Balaban J connectivity index is 2.06. The van der Waals surface area contributed by atoms with Crippen molar-refractivity contribution in [3.8, 4) is 5.75 Å². The molecular formula is C15H16FNO2. The molecule has 0 saturated carbocycles. The largest absolute Gasteiger partial charge is 0.487 e. The molecule has 0 aliphatic heterocycles. The van der Waals surface area contributed by atoms with Gasteiger partial charge in [-0.05, 0) is 38.1 Å². The maximum atomic E-state index is 13.6. The maximum Gasteiger partial charge on any atom is 0.132 e. The summed E-state index contributed by atoms with van der Waals surface area (Å²) < 4.78 is 19.1. The normalized spacial score (nSPS) is 12.2. The van der Waals surface area contributed by atoms with E-state index >= 15 is 0 Å². The molecule has 0 amide bonds. The van der Waals surface area contributed by atoms with Crippen LogP contribution < -0.4 is 4.74 Å². The molecule has 1 heterocycles. The molecular weight excluding hydrogens is 245 g/mol. The highest BCUT2D eigenvalue weighted by Crippen LogP contribution is 2.22. The van der Waals surface area contributed by atoms with Crippen LogP contribution in [-0.2, 0) is 6.61 Å². The molecule has 0 aliphatic carbocycles. The number of halogens is 1. The van der Waals surface area contributed by atoms with E-state index in [0.717, 1.165) is 11.4 Å². The Bertz CT molecular complexity index is 570. The van der Waals surface area contributed by atoms with Gasteiger partial charge in [0.2, 0.25) is 0 Å². The van der Waals surface area contributed by atoms with Gasteiger partial charge in [-0.2, -0.15) is 0 Å². The topological polar surface area (TPSA) is 42.4 Å². The van der Waals surface area contributed by atoms with Crippen LogP contribution in [0.4, 0.5) is 4.39 Å². The van der Waals surface area contributed by atoms with E-state index in [1.54, 1.807) is 6.07 Å². The van der Waals surface area contributed by atoms with Crippen LogP contribution in [-0.4, -0.2) is 10.1 Å². The maximum absolute atomic E-state index is 13.6. The molecule has 0 unspecified atom stereocenters. The lowest BCUT2D eigenvalue weighted by Crippen LogP contribution is -2.01. The first-order chi connectivity index (χ1) is 9.06. The van der Waals surface area contributed by atoms with Gasteiger partial charge in [-0.1, -0.05) is 6.07 Å². The number of aryl methyl sites for hydroxylation is 1. The Kier molecular flexibility index (Phi) is 4.12. The Morgan fingerprint density at radius 1 is 1.32 bits per heavy atom. The molecule has 0 saturated heterocycles. The second-order valence-corrected chi connectivity index (χ2v) is 4.42. The summed E-state index contributed by atoms with van der Waals surface area (Å²) in [6, 6.07) is 10.1. The Labute approximate surface area is 111 Å². The van der Waals surface area contributed by atoms with Gasteiger partial charge in [-0.25, -0.2) is 4.39 Å². The molecule has 0 bridgehead atoms. The summed E-state index contributed by atoms with van der Waals surface area (Å²) in [7, 11) is 0. The van der Waals surface area contributed by atoms with E-state index in [1.807, 2.05) is 25.1 Å². The van der Waals surface area contributed by atoms with Crippen molar-refractivity contribution in [2.75, 3.05) is 0 Å². The molecule has 0 aliphatic rings. The van der Waals surface area contributed by atoms with E-state index in [0.29, 0.717) is 5.75 Å². The highest BCUT2D eigenvalue weighted by atomic mass is 19.1. The number of nitrogens with zero attached hydrogens (tertiary/aromatic N) is 1. The Morgan fingerprint density at radius 2 is 2.11 bits per heavy atom. The molecule has 2 rings (SSSR count). The van der Waals surface area contributed by atoms with Crippen LogP contribution in [0.1, 0.15) is 30.0 Å². The summed E-state index contributed by atoms with van der Waals surface area (Å²) in [5.41, 5.74) is 1.97. The summed E-state index contributed by atoms with van der Waals surface area (Å²) in [5.74, 6) is -0.0464. The van der Waals surface area contributed by atoms with Gasteiger partial charge in [-0.15, -0.1) is 0 Å². The molecule has 3 nitrogen and oxygen atoms in total. The fourth-order valence-corrected chi connectivity index (χ4v) is 1.77. The molecule has 1 atom stereocenters. The van der Waals surface area contributed by atoms with Gasteiger partial charge in [0.15, 0.2) is 0 Å². The van der Waals surface area contributed by atoms with Gasteiger partial charge in [0.25, 0.3) is 0 Å². The number of hydrogen-bond donors (Lipinski definition) is 1. The first-order valence-electron chi connectivity index (χ1n) is 6.09. The fourth-order valence-electron chi connectivity index (χ4n) is 1.77. The first-order valence-corrected chi connectivity index (χ1v) is 6.09. The van der Waals surface area contributed by atoms with Crippen LogP contribution in [0.3, 0.4) is 0 Å². The first kappa shape index (κ1) is 13.5. The monoisotopic (exact) mass is 261 g/mol. The van der Waals surface area contributed by atoms with Crippen molar-refractivity contribution in [3.05, 3.63) is 59.2 Å². The van der Waals surface area contributed by atoms with Gasteiger partial charge < -0.3 is 9.84 Å². The number of ether oxygens (including phenoxy) is 1. The molecule has 0 fully saturated rings. The van der Waals surface area contributed by atoms with Crippen molar-refractivity contribution in [2.24, 2.45) is 0 Å². The van der Waals surface area contributed by atoms with Gasteiger partial charge >= 0.3 is 0 Å². The van der Waals surface area contributed by atoms with E-state index in [2.05, 4.69) is 4.98 Å². The zero-order chi connectivity index (χ0) is 13.8. The second kappa shape index (κ2) is 5.80. The highest BCUT2D eigenvalue weighted by molar-refractivity contribution is 5.30. The van der Waals surface area contributed by atoms with Crippen molar-refractivity contribution in [1.29, 1.82) is 0 Å². The van der Waals surface area contributed by atoms with Crippen LogP contribution in [0.15, 0.2) is 36.4 Å². The zero-order valence-electron chi connectivity index (χ0n) is 10.9. The SMILES string of the molecule is Cc1cccc(COc2ccc([C@@H](C)O)c(F)c2)n1. The number of aliphatic hydroxyl groups is 1. The number of aliphatic hydroxyl groups excluding tert-OH is 1. The van der Waals surface area contributed by atoms with Crippen molar-refractivity contribution in [1.82, 2.24) is 4.98 Å². The predicted molar refractivity (Wildman–Crippen MR) is 70.3 cm³/mol. The van der Waals surface area contributed by atoms with Crippen LogP contribution in [0.2, 0.25) is 0 Å². The average molecular weight is 261 g/mol. The number of aromatic nitrogens is 1. The average Bonchev–Trinajstić information content (AvgIpc) is 2.36. The standard InChI is InChI=1S/C15H16FNO2/c1-10-4-3-5-12(17-10)9-19-13-6-7-14(11(2)18)15(16)8-13/h3-8,11,18H,9H2,1-2H3/t11-/m1/s1. The second-order valence-electron chi connectivity index (χ2n) is 4.42. The molecule has 1 aromatic carbocycles. The van der Waals surface area contributed by atoms with Crippen LogP contribution in [0, 0.1) is 12.7 Å². The lowest BCUT2D eigenvalue weighted by Gasteiger charge is -2.10. The molecule has 0 spiro atoms. The molecule has 2 aromatic rings.